The van der Waals surface area contributed by atoms with Gasteiger partial charge in [0.1, 0.15) is 0 Å². The molecule has 0 saturated carbocycles. The summed E-state index contributed by atoms with van der Waals surface area (Å²) in [7, 11) is 0. The first kappa shape index (κ1) is 9.96. The van der Waals surface area contributed by atoms with Gasteiger partial charge in [0.15, 0.2) is 0 Å². The zero-order valence-corrected chi connectivity index (χ0v) is 7.97. The second-order valence-electron chi connectivity index (χ2n) is 3.93. The molecule has 12 heavy (non-hydrogen) atoms. The summed E-state index contributed by atoms with van der Waals surface area (Å²) in [4.78, 5) is 0. The maximum absolute atomic E-state index is 9.04. The Labute approximate surface area is 74.1 Å². The summed E-state index contributed by atoms with van der Waals surface area (Å²) < 4.78 is 5.29. The summed E-state index contributed by atoms with van der Waals surface area (Å²) in [5, 5.41) is 12.4. The van der Waals surface area contributed by atoms with Gasteiger partial charge in [-0.1, -0.05) is 0 Å². The fourth-order valence-electron chi connectivity index (χ4n) is 1.39. The first-order valence-electron chi connectivity index (χ1n) is 4.63. The van der Waals surface area contributed by atoms with Crippen LogP contribution in [0.3, 0.4) is 0 Å². The van der Waals surface area contributed by atoms with E-state index in [-0.39, 0.29) is 11.6 Å². The van der Waals surface area contributed by atoms with Crippen LogP contribution in [-0.2, 0) is 4.74 Å². The van der Waals surface area contributed by atoms with E-state index in [0.717, 1.165) is 32.6 Å². The third-order valence-electron chi connectivity index (χ3n) is 2.33. The molecule has 2 unspecified atom stereocenters. The summed E-state index contributed by atoms with van der Waals surface area (Å²) >= 11 is 0. The smallest absolute Gasteiger partial charge is 0.0646 e. The van der Waals surface area contributed by atoms with Gasteiger partial charge in [0.05, 0.1) is 12.7 Å². The minimum Gasteiger partial charge on any atom is -0.393 e. The van der Waals surface area contributed by atoms with Crippen molar-refractivity contribution < 1.29 is 9.84 Å². The fourth-order valence-corrected chi connectivity index (χ4v) is 1.39. The Hall–Kier alpha value is -0.120. The molecule has 1 fully saturated rings. The van der Waals surface area contributed by atoms with Crippen LogP contribution in [-0.4, -0.2) is 36.5 Å². The number of rotatable bonds is 4. The summed E-state index contributed by atoms with van der Waals surface area (Å²) in [5.41, 5.74) is 0.148. The van der Waals surface area contributed by atoms with Crippen molar-refractivity contribution in [2.45, 2.75) is 38.3 Å². The van der Waals surface area contributed by atoms with Crippen LogP contribution in [0.4, 0.5) is 0 Å². The van der Waals surface area contributed by atoms with E-state index < -0.39 is 0 Å². The molecule has 1 aliphatic rings. The van der Waals surface area contributed by atoms with E-state index in [2.05, 4.69) is 12.2 Å². The Balaban J connectivity index is 2.13. The zero-order chi connectivity index (χ0) is 9.03. The fraction of sp³-hybridized carbons (Fsp3) is 1.00. The van der Waals surface area contributed by atoms with Gasteiger partial charge in [-0.15, -0.1) is 0 Å². The topological polar surface area (TPSA) is 41.5 Å². The number of aliphatic hydroxyl groups is 1. The molecule has 3 nitrogen and oxygen atoms in total. The Kier molecular flexibility index (Phi) is 3.50. The third kappa shape index (κ3) is 3.09. The maximum atomic E-state index is 9.04. The normalized spacial score (nSPS) is 32.2. The molecule has 72 valence electrons. The lowest BCUT2D eigenvalue weighted by Gasteiger charge is -2.23. The highest BCUT2D eigenvalue weighted by Gasteiger charge is 2.28. The number of hydrogen-bond donors (Lipinski definition) is 2. The van der Waals surface area contributed by atoms with Crippen LogP contribution in [0, 0.1) is 0 Å². The number of ether oxygens (including phenoxy) is 1. The summed E-state index contributed by atoms with van der Waals surface area (Å²) in [6.07, 6.45) is 1.69. The molecule has 0 amide bonds. The van der Waals surface area contributed by atoms with E-state index in [1.807, 2.05) is 6.92 Å². The Morgan fingerprint density at radius 1 is 1.67 bits per heavy atom. The molecule has 0 aromatic heterocycles. The van der Waals surface area contributed by atoms with Crippen molar-refractivity contribution in [1.82, 2.24) is 5.32 Å². The van der Waals surface area contributed by atoms with Crippen LogP contribution in [0.5, 0.6) is 0 Å². The van der Waals surface area contributed by atoms with Crippen molar-refractivity contribution in [1.29, 1.82) is 0 Å². The van der Waals surface area contributed by atoms with Gasteiger partial charge in [-0.25, -0.2) is 0 Å². The Morgan fingerprint density at radius 3 is 2.92 bits per heavy atom. The third-order valence-corrected chi connectivity index (χ3v) is 2.33. The van der Waals surface area contributed by atoms with Gasteiger partial charge in [0, 0.05) is 12.1 Å². The largest absolute Gasteiger partial charge is 0.393 e. The Morgan fingerprint density at radius 2 is 2.42 bits per heavy atom. The molecule has 1 heterocycles. The maximum Gasteiger partial charge on any atom is 0.0646 e. The van der Waals surface area contributed by atoms with Gasteiger partial charge in [-0.05, 0) is 33.2 Å². The predicted octanol–water partition coefficient (Wildman–Crippen LogP) is 0.526. The molecule has 2 atom stereocenters. The standard InChI is InChI=1S/C9H19NO2/c1-8(11)3-5-10-9(2)4-6-12-7-9/h8,10-11H,3-7H2,1-2H3. The molecule has 0 aromatic carbocycles. The van der Waals surface area contributed by atoms with E-state index in [4.69, 9.17) is 9.84 Å². The second kappa shape index (κ2) is 4.21. The molecule has 0 aliphatic carbocycles. The SMILES string of the molecule is CC(O)CCNC1(C)CCOC1. The highest BCUT2D eigenvalue weighted by Crippen LogP contribution is 2.17. The second-order valence-corrected chi connectivity index (χ2v) is 3.93. The van der Waals surface area contributed by atoms with Crippen molar-refractivity contribution in [2.75, 3.05) is 19.8 Å². The van der Waals surface area contributed by atoms with Gasteiger partial charge in [-0.2, -0.15) is 0 Å². The van der Waals surface area contributed by atoms with Gasteiger partial charge in [-0.3, -0.25) is 0 Å². The lowest BCUT2D eigenvalue weighted by Crippen LogP contribution is -2.43. The van der Waals surface area contributed by atoms with Crippen molar-refractivity contribution in [3.63, 3.8) is 0 Å². The minimum atomic E-state index is -0.205. The molecular weight excluding hydrogens is 154 g/mol. The zero-order valence-electron chi connectivity index (χ0n) is 7.97. The molecule has 1 aliphatic heterocycles. The monoisotopic (exact) mass is 173 g/mol. The van der Waals surface area contributed by atoms with Crippen LogP contribution in [0.15, 0.2) is 0 Å². The van der Waals surface area contributed by atoms with Crippen molar-refractivity contribution in [2.24, 2.45) is 0 Å². The number of nitrogens with one attached hydrogen (secondary N) is 1. The average molecular weight is 173 g/mol. The van der Waals surface area contributed by atoms with Crippen LogP contribution in [0.25, 0.3) is 0 Å². The molecule has 0 spiro atoms. The van der Waals surface area contributed by atoms with Crippen LogP contribution < -0.4 is 5.32 Å². The van der Waals surface area contributed by atoms with Crippen LogP contribution in [0.1, 0.15) is 26.7 Å². The lowest BCUT2D eigenvalue weighted by atomic mass is 10.0. The number of aliphatic hydroxyl groups excluding tert-OH is 1. The van der Waals surface area contributed by atoms with Crippen LogP contribution in [0.2, 0.25) is 0 Å². The molecule has 1 saturated heterocycles. The highest BCUT2D eigenvalue weighted by molar-refractivity contribution is 4.86. The van der Waals surface area contributed by atoms with Crippen molar-refractivity contribution >= 4 is 0 Å². The van der Waals surface area contributed by atoms with Crippen molar-refractivity contribution in [3.8, 4) is 0 Å². The quantitative estimate of drug-likeness (QED) is 0.651. The van der Waals surface area contributed by atoms with E-state index in [0.29, 0.717) is 0 Å². The van der Waals surface area contributed by atoms with Gasteiger partial charge >= 0.3 is 0 Å². The average Bonchev–Trinajstić information content (AvgIpc) is 2.35. The Bertz CT molecular complexity index is 130. The molecule has 0 radical (unpaired) electrons. The van der Waals surface area contributed by atoms with Gasteiger partial charge in [0.25, 0.3) is 0 Å². The summed E-state index contributed by atoms with van der Waals surface area (Å²) in [6.45, 7) is 6.51. The predicted molar refractivity (Wildman–Crippen MR) is 48.1 cm³/mol. The molecule has 1 rings (SSSR count). The first-order chi connectivity index (χ1) is 5.62. The van der Waals surface area contributed by atoms with Crippen molar-refractivity contribution in [3.05, 3.63) is 0 Å². The lowest BCUT2D eigenvalue weighted by molar-refractivity contribution is 0.160. The van der Waals surface area contributed by atoms with E-state index in [9.17, 15) is 0 Å². The van der Waals surface area contributed by atoms with E-state index in [1.165, 1.54) is 0 Å². The number of hydrogen-bond acceptors (Lipinski definition) is 3. The first-order valence-corrected chi connectivity index (χ1v) is 4.63. The highest BCUT2D eigenvalue weighted by atomic mass is 16.5. The molecule has 3 heteroatoms. The molecule has 2 N–H and O–H groups in total. The summed E-state index contributed by atoms with van der Waals surface area (Å²) in [6, 6.07) is 0. The molecule has 0 bridgehead atoms. The van der Waals surface area contributed by atoms with Gasteiger partial charge in [0.2, 0.25) is 0 Å². The molecule has 0 aromatic rings. The van der Waals surface area contributed by atoms with Crippen LogP contribution >= 0.6 is 0 Å². The molecular formula is C9H19NO2. The van der Waals surface area contributed by atoms with E-state index in [1.54, 1.807) is 0 Å². The van der Waals surface area contributed by atoms with E-state index >= 15 is 0 Å². The van der Waals surface area contributed by atoms with Gasteiger partial charge < -0.3 is 15.2 Å². The minimum absolute atomic E-state index is 0.148. The summed E-state index contributed by atoms with van der Waals surface area (Å²) in [5.74, 6) is 0.